The minimum Gasteiger partial charge on any atom is -0.475 e. The number of amides is 1. The van der Waals surface area contributed by atoms with Gasteiger partial charge in [-0.3, -0.25) is 9.78 Å². The molecule has 0 radical (unpaired) electrons. The summed E-state index contributed by atoms with van der Waals surface area (Å²) in [5.74, 6) is 0.367. The number of rotatable bonds is 3. The first-order chi connectivity index (χ1) is 10.2. The Balaban J connectivity index is 1.86. The third-order valence-electron chi connectivity index (χ3n) is 3.13. The number of ether oxygens (including phenoxy) is 1. The normalized spacial score (nSPS) is 17.0. The Bertz CT molecular complexity index is 683. The molecule has 0 bridgehead atoms. The van der Waals surface area contributed by atoms with E-state index in [1.54, 1.807) is 18.3 Å². The molecule has 0 aliphatic carbocycles. The van der Waals surface area contributed by atoms with Crippen molar-refractivity contribution in [1.82, 2.24) is 4.98 Å². The van der Waals surface area contributed by atoms with Crippen LogP contribution < -0.4 is 5.32 Å². The molecule has 1 N–H and O–H groups in total. The number of nitrogens with zero attached hydrogens (tertiary/aromatic N) is 2. The molecule has 1 atom stereocenters. The van der Waals surface area contributed by atoms with E-state index in [2.05, 4.69) is 15.3 Å². The second-order valence-electron chi connectivity index (χ2n) is 4.84. The topological polar surface area (TPSA) is 63.6 Å². The van der Waals surface area contributed by atoms with E-state index in [-0.39, 0.29) is 11.9 Å². The van der Waals surface area contributed by atoms with Gasteiger partial charge in [0.1, 0.15) is 6.61 Å². The van der Waals surface area contributed by atoms with Crippen LogP contribution in [0.15, 0.2) is 53.8 Å². The predicted molar refractivity (Wildman–Crippen MR) is 80.6 cm³/mol. The molecule has 2 aromatic rings. The highest BCUT2D eigenvalue weighted by Crippen LogP contribution is 2.21. The van der Waals surface area contributed by atoms with Gasteiger partial charge in [0.25, 0.3) is 5.91 Å². The van der Waals surface area contributed by atoms with Gasteiger partial charge >= 0.3 is 0 Å². The molecule has 0 spiro atoms. The van der Waals surface area contributed by atoms with Gasteiger partial charge in [0.2, 0.25) is 5.90 Å². The molecule has 2 heterocycles. The van der Waals surface area contributed by atoms with Crippen LogP contribution in [0.5, 0.6) is 0 Å². The van der Waals surface area contributed by atoms with Gasteiger partial charge in [-0.25, -0.2) is 4.99 Å². The first-order valence-electron chi connectivity index (χ1n) is 6.75. The van der Waals surface area contributed by atoms with Crippen LogP contribution in [0.1, 0.15) is 22.8 Å². The summed E-state index contributed by atoms with van der Waals surface area (Å²) in [6.07, 6.45) is 3.16. The van der Waals surface area contributed by atoms with Gasteiger partial charge in [-0.1, -0.05) is 12.1 Å². The summed E-state index contributed by atoms with van der Waals surface area (Å²) in [6, 6.07) is 11.1. The van der Waals surface area contributed by atoms with E-state index in [1.165, 1.54) is 6.20 Å². The van der Waals surface area contributed by atoms with Crippen molar-refractivity contribution >= 4 is 17.5 Å². The molecule has 0 fully saturated rings. The molecule has 0 saturated carbocycles. The van der Waals surface area contributed by atoms with E-state index < -0.39 is 0 Å². The smallest absolute Gasteiger partial charge is 0.257 e. The summed E-state index contributed by atoms with van der Waals surface area (Å²) in [7, 11) is 0. The summed E-state index contributed by atoms with van der Waals surface area (Å²) in [5.41, 5.74) is 1.98. The van der Waals surface area contributed by atoms with Crippen molar-refractivity contribution in [3.8, 4) is 0 Å². The lowest BCUT2D eigenvalue weighted by atomic mass is 10.1. The quantitative estimate of drug-likeness (QED) is 0.940. The molecule has 1 aromatic heterocycles. The van der Waals surface area contributed by atoms with Crippen LogP contribution >= 0.6 is 0 Å². The number of hydrogen-bond acceptors (Lipinski definition) is 4. The lowest BCUT2D eigenvalue weighted by molar-refractivity contribution is 0.102. The van der Waals surface area contributed by atoms with Crippen molar-refractivity contribution in [1.29, 1.82) is 0 Å². The molecule has 1 aliphatic rings. The fraction of sp³-hybridized carbons (Fsp3) is 0.188. The number of anilines is 1. The zero-order valence-corrected chi connectivity index (χ0v) is 11.6. The third kappa shape index (κ3) is 2.91. The fourth-order valence-electron chi connectivity index (χ4n) is 2.09. The second kappa shape index (κ2) is 5.75. The maximum atomic E-state index is 12.2. The van der Waals surface area contributed by atoms with Crippen LogP contribution in [0.3, 0.4) is 0 Å². The second-order valence-corrected chi connectivity index (χ2v) is 4.84. The average Bonchev–Trinajstić information content (AvgIpc) is 2.95. The summed E-state index contributed by atoms with van der Waals surface area (Å²) in [6.45, 7) is 2.56. The van der Waals surface area contributed by atoms with Gasteiger partial charge in [-0.15, -0.1) is 0 Å². The van der Waals surface area contributed by atoms with E-state index >= 15 is 0 Å². The third-order valence-corrected chi connectivity index (χ3v) is 3.13. The minimum atomic E-state index is -0.206. The lowest BCUT2D eigenvalue weighted by Gasteiger charge is -2.10. The van der Waals surface area contributed by atoms with Crippen LogP contribution in [0.2, 0.25) is 0 Å². The van der Waals surface area contributed by atoms with E-state index in [0.29, 0.717) is 23.8 Å². The van der Waals surface area contributed by atoms with Crippen LogP contribution in [0, 0.1) is 0 Å². The van der Waals surface area contributed by atoms with Crippen molar-refractivity contribution in [3.05, 3.63) is 59.9 Å². The lowest BCUT2D eigenvalue weighted by Crippen LogP contribution is -2.15. The highest BCUT2D eigenvalue weighted by molar-refractivity contribution is 6.09. The minimum absolute atomic E-state index is 0.141. The van der Waals surface area contributed by atoms with Crippen LogP contribution in [0.25, 0.3) is 0 Å². The number of benzene rings is 1. The van der Waals surface area contributed by atoms with E-state index in [0.717, 1.165) is 5.56 Å². The summed E-state index contributed by atoms with van der Waals surface area (Å²) in [5, 5.41) is 2.88. The molecule has 1 aromatic carbocycles. The van der Waals surface area contributed by atoms with Gasteiger partial charge in [0, 0.05) is 12.4 Å². The Hall–Kier alpha value is -2.69. The molecule has 1 unspecified atom stereocenters. The Labute approximate surface area is 122 Å². The number of aliphatic imine (C=N–C) groups is 1. The number of carbonyl (C=O) groups excluding carboxylic acids is 1. The zero-order valence-electron chi connectivity index (χ0n) is 11.6. The molecular formula is C16H15N3O2. The van der Waals surface area contributed by atoms with E-state index in [1.807, 2.05) is 31.2 Å². The van der Waals surface area contributed by atoms with Gasteiger partial charge in [-0.05, 0) is 31.2 Å². The molecule has 106 valence electrons. The molecular weight excluding hydrogens is 266 g/mol. The van der Waals surface area contributed by atoms with Gasteiger partial charge in [-0.2, -0.15) is 0 Å². The molecule has 5 nitrogen and oxygen atoms in total. The predicted octanol–water partition coefficient (Wildman–Crippen LogP) is 2.50. The zero-order chi connectivity index (χ0) is 14.7. The molecule has 1 aliphatic heterocycles. The van der Waals surface area contributed by atoms with Crippen LogP contribution in [-0.4, -0.2) is 29.4 Å². The van der Waals surface area contributed by atoms with Gasteiger partial charge in [0.05, 0.1) is 22.9 Å². The van der Waals surface area contributed by atoms with Crippen molar-refractivity contribution in [3.63, 3.8) is 0 Å². The Morgan fingerprint density at radius 1 is 1.29 bits per heavy atom. The monoisotopic (exact) mass is 281 g/mol. The SMILES string of the molecule is CC1COC(c2ccccc2NC(=O)c2cccnc2)=N1. The van der Waals surface area contributed by atoms with Crippen LogP contribution in [-0.2, 0) is 4.74 Å². The van der Waals surface area contributed by atoms with Crippen molar-refractivity contribution in [2.75, 3.05) is 11.9 Å². The fourth-order valence-corrected chi connectivity index (χ4v) is 2.09. The molecule has 3 rings (SSSR count). The van der Waals surface area contributed by atoms with Crippen molar-refractivity contribution < 1.29 is 9.53 Å². The number of para-hydroxylation sites is 1. The highest BCUT2D eigenvalue weighted by Gasteiger charge is 2.19. The number of hydrogen-bond donors (Lipinski definition) is 1. The van der Waals surface area contributed by atoms with Gasteiger partial charge in [0.15, 0.2) is 0 Å². The summed E-state index contributed by atoms with van der Waals surface area (Å²) < 4.78 is 5.57. The Kier molecular flexibility index (Phi) is 3.64. The highest BCUT2D eigenvalue weighted by atomic mass is 16.5. The summed E-state index contributed by atoms with van der Waals surface area (Å²) in [4.78, 5) is 20.6. The summed E-state index contributed by atoms with van der Waals surface area (Å²) >= 11 is 0. The van der Waals surface area contributed by atoms with E-state index in [9.17, 15) is 4.79 Å². The first-order valence-corrected chi connectivity index (χ1v) is 6.75. The van der Waals surface area contributed by atoms with Gasteiger partial charge < -0.3 is 10.1 Å². The van der Waals surface area contributed by atoms with Crippen LogP contribution in [0.4, 0.5) is 5.69 Å². The number of nitrogens with one attached hydrogen (secondary N) is 1. The number of pyridine rings is 1. The number of carbonyl (C=O) groups is 1. The molecule has 0 saturated heterocycles. The first kappa shape index (κ1) is 13.3. The molecule has 5 heteroatoms. The Morgan fingerprint density at radius 2 is 2.14 bits per heavy atom. The van der Waals surface area contributed by atoms with E-state index in [4.69, 9.17) is 4.74 Å². The number of aromatic nitrogens is 1. The molecule has 21 heavy (non-hydrogen) atoms. The van der Waals surface area contributed by atoms with Crippen molar-refractivity contribution in [2.45, 2.75) is 13.0 Å². The average molecular weight is 281 g/mol. The largest absolute Gasteiger partial charge is 0.475 e. The van der Waals surface area contributed by atoms with Crippen molar-refractivity contribution in [2.24, 2.45) is 4.99 Å². The standard InChI is InChI=1S/C16H15N3O2/c1-11-10-21-16(18-11)13-6-2-3-7-14(13)19-15(20)12-5-4-8-17-9-12/h2-9,11H,10H2,1H3,(H,19,20). The Morgan fingerprint density at radius 3 is 2.86 bits per heavy atom. The maximum absolute atomic E-state index is 12.2. The molecule has 1 amide bonds. The maximum Gasteiger partial charge on any atom is 0.257 e.